The van der Waals surface area contributed by atoms with Crippen LogP contribution in [0.5, 0.6) is 0 Å². The van der Waals surface area contributed by atoms with Crippen molar-refractivity contribution in [2.24, 2.45) is 5.92 Å². The van der Waals surface area contributed by atoms with E-state index in [1.54, 1.807) is 4.90 Å². The van der Waals surface area contributed by atoms with Gasteiger partial charge in [-0.25, -0.2) is 8.78 Å². The Morgan fingerprint density at radius 1 is 1.32 bits per heavy atom. The van der Waals surface area contributed by atoms with Crippen molar-refractivity contribution < 1.29 is 28.4 Å². The lowest BCUT2D eigenvalue weighted by Gasteiger charge is -2.34. The molecule has 3 N–H and O–H groups in total. The number of alkyl halides is 2. The lowest BCUT2D eigenvalue weighted by atomic mass is 9.75. The number of amides is 2. The quantitative estimate of drug-likeness (QED) is 0.390. The molecular weight excluding hydrogens is 493 g/mol. The summed E-state index contributed by atoms with van der Waals surface area (Å²) in [6.07, 6.45) is 11.0. The number of likely N-dealkylation sites (tertiary alicyclic amines) is 2. The van der Waals surface area contributed by atoms with E-state index in [1.165, 1.54) is 0 Å². The second-order valence-corrected chi connectivity index (χ2v) is 11.1. The van der Waals surface area contributed by atoms with Gasteiger partial charge in [0.1, 0.15) is 6.42 Å². The molecule has 0 aromatic rings. The van der Waals surface area contributed by atoms with Gasteiger partial charge in [0.2, 0.25) is 11.8 Å². The minimum Gasteiger partial charge on any atom is -0.426 e. The fraction of sp³-hybridized carbons (Fsp3) is 0.741. The lowest BCUT2D eigenvalue weighted by molar-refractivity contribution is -0.133. The van der Waals surface area contributed by atoms with Crippen LogP contribution in [0.4, 0.5) is 8.78 Å². The summed E-state index contributed by atoms with van der Waals surface area (Å²) >= 11 is 0. The van der Waals surface area contributed by atoms with Crippen molar-refractivity contribution >= 4 is 18.9 Å². The van der Waals surface area contributed by atoms with Crippen molar-refractivity contribution in [1.82, 2.24) is 15.1 Å². The van der Waals surface area contributed by atoms with E-state index in [2.05, 4.69) is 5.32 Å². The van der Waals surface area contributed by atoms with Crippen molar-refractivity contribution in [3.63, 3.8) is 0 Å². The maximum atomic E-state index is 12.8. The first-order valence-corrected chi connectivity index (χ1v) is 13.7. The van der Waals surface area contributed by atoms with E-state index in [0.29, 0.717) is 26.1 Å². The Kier molecular flexibility index (Phi) is 12.4. The predicted octanol–water partition coefficient (Wildman–Crippen LogP) is 3.21. The topological polar surface area (TPSA) is 117 Å². The maximum absolute atomic E-state index is 12.8. The Balaban J connectivity index is 0.000000352. The van der Waals surface area contributed by atoms with Crippen LogP contribution in [-0.4, -0.2) is 82.4 Å². The third kappa shape index (κ3) is 10.5. The highest BCUT2D eigenvalue weighted by Crippen LogP contribution is 2.32. The van der Waals surface area contributed by atoms with Crippen molar-refractivity contribution in [1.29, 1.82) is 5.26 Å². The van der Waals surface area contributed by atoms with Crippen LogP contribution in [0.2, 0.25) is 0 Å². The standard InChI is InChI=1S/C18H26BN3O4.C9H17F2N/c20-9-8-18(24)22-10-4-7-15(13-22)12-17(23)21-16(19(25)26)11-14-5-2-1-3-6-14;1-4-8(2,3)12-6-5-9(10,11)7-12/h2,5-6,15-16,25-26H,1,3-4,7-8,10-13H2,(H,21,23);4-7H2,1-3H3. The van der Waals surface area contributed by atoms with Gasteiger partial charge in [-0.05, 0) is 58.3 Å². The largest absolute Gasteiger partial charge is 0.475 e. The maximum Gasteiger partial charge on any atom is 0.475 e. The van der Waals surface area contributed by atoms with Crippen LogP contribution in [0.3, 0.4) is 0 Å². The molecule has 38 heavy (non-hydrogen) atoms. The van der Waals surface area contributed by atoms with Gasteiger partial charge < -0.3 is 20.3 Å². The Morgan fingerprint density at radius 2 is 2.05 bits per heavy atom. The van der Waals surface area contributed by atoms with Gasteiger partial charge in [0.25, 0.3) is 5.92 Å². The van der Waals surface area contributed by atoms with Crippen molar-refractivity contribution in [2.75, 3.05) is 26.2 Å². The summed E-state index contributed by atoms with van der Waals surface area (Å²) < 4.78 is 25.6. The van der Waals surface area contributed by atoms with Crippen LogP contribution in [0, 0.1) is 17.2 Å². The first-order valence-electron chi connectivity index (χ1n) is 13.7. The molecule has 1 aliphatic carbocycles. The monoisotopic (exact) mass is 536 g/mol. The molecule has 2 saturated heterocycles. The summed E-state index contributed by atoms with van der Waals surface area (Å²) in [5.41, 5.74) is 0.917. The number of hydrogen-bond donors (Lipinski definition) is 3. The number of carbonyl (C=O) groups is 2. The third-order valence-electron chi connectivity index (χ3n) is 7.70. The fourth-order valence-corrected chi connectivity index (χ4v) is 4.95. The molecule has 0 radical (unpaired) electrons. The third-order valence-corrected chi connectivity index (χ3v) is 7.70. The average molecular weight is 536 g/mol. The molecule has 0 aromatic heterocycles. The summed E-state index contributed by atoms with van der Waals surface area (Å²) in [6, 6.07) is 1.86. The molecule has 2 aliphatic heterocycles. The molecule has 3 aliphatic rings. The number of allylic oxidation sites excluding steroid dienone is 3. The minimum atomic E-state index is -2.45. The van der Waals surface area contributed by atoms with Crippen LogP contribution in [0.1, 0.15) is 78.6 Å². The van der Waals surface area contributed by atoms with Crippen molar-refractivity contribution in [3.8, 4) is 6.07 Å². The zero-order valence-electron chi connectivity index (χ0n) is 23.0. The predicted molar refractivity (Wildman–Crippen MR) is 143 cm³/mol. The molecule has 11 heteroatoms. The van der Waals surface area contributed by atoms with E-state index in [4.69, 9.17) is 5.26 Å². The lowest BCUT2D eigenvalue weighted by Crippen LogP contribution is -2.48. The molecule has 0 saturated carbocycles. The number of rotatable bonds is 9. The zero-order chi connectivity index (χ0) is 28.3. The molecule has 2 atom stereocenters. The average Bonchev–Trinajstić information content (AvgIpc) is 3.25. The van der Waals surface area contributed by atoms with Gasteiger partial charge in [0.05, 0.1) is 18.6 Å². The number of hydrogen-bond acceptors (Lipinski definition) is 6. The number of carbonyl (C=O) groups excluding carboxylic acids is 2. The van der Waals surface area contributed by atoms with Crippen LogP contribution in [0.15, 0.2) is 23.8 Å². The molecule has 2 unspecified atom stereocenters. The molecule has 0 aromatic carbocycles. The Labute approximate surface area is 225 Å². The summed E-state index contributed by atoms with van der Waals surface area (Å²) in [7, 11) is -1.63. The number of nitrogens with one attached hydrogen (secondary N) is 1. The Morgan fingerprint density at radius 3 is 2.61 bits per heavy atom. The summed E-state index contributed by atoms with van der Waals surface area (Å²) in [6.45, 7) is 7.65. The first-order chi connectivity index (χ1) is 17.9. The van der Waals surface area contributed by atoms with Crippen LogP contribution in [-0.2, 0) is 9.59 Å². The highest BCUT2D eigenvalue weighted by molar-refractivity contribution is 6.43. The van der Waals surface area contributed by atoms with E-state index in [0.717, 1.165) is 37.7 Å². The molecule has 3 rings (SSSR count). The Bertz CT molecular complexity index is 904. The van der Waals surface area contributed by atoms with Gasteiger partial charge in [-0.2, -0.15) is 5.26 Å². The summed E-state index contributed by atoms with van der Waals surface area (Å²) in [5.74, 6) is -3.62. The molecule has 0 bridgehead atoms. The zero-order valence-corrected chi connectivity index (χ0v) is 23.0. The van der Waals surface area contributed by atoms with Crippen LogP contribution < -0.4 is 5.32 Å². The molecule has 2 fully saturated rings. The first kappa shape index (κ1) is 31.9. The number of halogens is 2. The second kappa shape index (κ2) is 14.8. The summed E-state index contributed by atoms with van der Waals surface area (Å²) in [5, 5.41) is 30.5. The molecule has 8 nitrogen and oxygen atoms in total. The van der Waals surface area contributed by atoms with E-state index in [-0.39, 0.29) is 49.1 Å². The van der Waals surface area contributed by atoms with Gasteiger partial charge in [-0.3, -0.25) is 14.5 Å². The van der Waals surface area contributed by atoms with Crippen LogP contribution >= 0.6 is 0 Å². The van der Waals surface area contributed by atoms with Gasteiger partial charge in [-0.1, -0.05) is 30.7 Å². The highest BCUT2D eigenvalue weighted by atomic mass is 19.3. The van der Waals surface area contributed by atoms with Crippen molar-refractivity contribution in [2.45, 2.75) is 96.0 Å². The number of nitrogens with zero attached hydrogens (tertiary/aromatic N) is 3. The molecule has 2 heterocycles. The van der Waals surface area contributed by atoms with Crippen molar-refractivity contribution in [3.05, 3.63) is 23.8 Å². The SMILES string of the molecule is CCC(C)(C)N1CCC(F)(F)C1.N#CCC(=O)N1CCCC(CC(=O)NC(CC2=CCCC=C2)B(O)O)C1. The molecule has 2 amide bonds. The van der Waals surface area contributed by atoms with Gasteiger partial charge in [0.15, 0.2) is 0 Å². The number of piperidine rings is 1. The summed E-state index contributed by atoms with van der Waals surface area (Å²) in [4.78, 5) is 27.7. The second-order valence-electron chi connectivity index (χ2n) is 11.1. The van der Waals surface area contributed by atoms with Gasteiger partial charge in [0, 0.05) is 38.0 Å². The normalized spacial score (nSPS) is 22.0. The van der Waals surface area contributed by atoms with E-state index in [1.807, 2.05) is 50.0 Å². The molecular formula is C27H43BF2N4O4. The van der Waals surface area contributed by atoms with E-state index < -0.39 is 19.0 Å². The molecule has 212 valence electrons. The Hall–Kier alpha value is -2.29. The smallest absolute Gasteiger partial charge is 0.426 e. The number of nitriles is 1. The minimum absolute atomic E-state index is 0.0242. The van der Waals surface area contributed by atoms with Gasteiger partial charge in [-0.15, -0.1) is 0 Å². The van der Waals surface area contributed by atoms with E-state index in [9.17, 15) is 28.4 Å². The molecule has 0 spiro atoms. The highest BCUT2D eigenvalue weighted by Gasteiger charge is 2.42. The van der Waals surface area contributed by atoms with Gasteiger partial charge >= 0.3 is 7.12 Å². The van der Waals surface area contributed by atoms with E-state index >= 15 is 0 Å². The van der Waals surface area contributed by atoms with Crippen LogP contribution in [0.25, 0.3) is 0 Å². The fourth-order valence-electron chi connectivity index (χ4n) is 4.95.